The van der Waals surface area contributed by atoms with E-state index in [1.165, 1.54) is 26.0 Å². The molecule has 2 rings (SSSR count). The van der Waals surface area contributed by atoms with Crippen molar-refractivity contribution in [1.82, 2.24) is 0 Å². The number of rotatable bonds is 4. The molecule has 1 N–H and O–H groups in total. The number of Topliss-reactive ketones (excluding diaryl/α,β-unsaturated/α-hetero) is 1. The summed E-state index contributed by atoms with van der Waals surface area (Å²) in [6.07, 6.45) is 0. The summed E-state index contributed by atoms with van der Waals surface area (Å²) in [5.74, 6) is -0.956. The first-order chi connectivity index (χ1) is 10.0. The van der Waals surface area contributed by atoms with Crippen molar-refractivity contribution in [2.45, 2.75) is 19.8 Å². The Kier molecular flexibility index (Phi) is 4.53. The summed E-state index contributed by atoms with van der Waals surface area (Å²) in [5.41, 5.74) is 1.97. The van der Waals surface area contributed by atoms with Gasteiger partial charge in [0, 0.05) is 11.5 Å². The Morgan fingerprint density at radius 1 is 0.952 bits per heavy atom. The Morgan fingerprint density at radius 2 is 1.48 bits per heavy atom. The van der Waals surface area contributed by atoms with E-state index in [1.54, 1.807) is 12.1 Å². The van der Waals surface area contributed by atoms with Gasteiger partial charge >= 0.3 is 0 Å². The molecule has 2 nitrogen and oxygen atoms in total. The van der Waals surface area contributed by atoms with Crippen molar-refractivity contribution >= 4 is 5.78 Å². The molecule has 0 radical (unpaired) electrons. The van der Waals surface area contributed by atoms with Crippen molar-refractivity contribution in [2.24, 2.45) is 0 Å². The Hall–Kier alpha value is -2.42. The van der Waals surface area contributed by atoms with Crippen LogP contribution in [0.2, 0.25) is 0 Å². The van der Waals surface area contributed by atoms with Gasteiger partial charge in [0.05, 0.1) is 5.76 Å². The minimum Gasteiger partial charge on any atom is -0.512 e. The third kappa shape index (κ3) is 3.37. The number of benzene rings is 2. The maximum absolute atomic E-state index is 13.1. The summed E-state index contributed by atoms with van der Waals surface area (Å²) in [6.45, 7) is 2.92. The lowest BCUT2D eigenvalue weighted by Gasteiger charge is -2.20. The lowest BCUT2D eigenvalue weighted by atomic mass is 9.82. The van der Waals surface area contributed by atoms with Crippen LogP contribution in [0.5, 0.6) is 0 Å². The predicted molar refractivity (Wildman–Crippen MR) is 80.7 cm³/mol. The van der Waals surface area contributed by atoms with E-state index < -0.39 is 5.92 Å². The second-order valence-corrected chi connectivity index (χ2v) is 4.95. The first kappa shape index (κ1) is 15.0. The van der Waals surface area contributed by atoms with Gasteiger partial charge in [-0.2, -0.15) is 0 Å². The monoisotopic (exact) mass is 284 g/mol. The van der Waals surface area contributed by atoms with Crippen LogP contribution in [0.15, 0.2) is 65.9 Å². The summed E-state index contributed by atoms with van der Waals surface area (Å²) < 4.78 is 13.1. The lowest BCUT2D eigenvalue weighted by Crippen LogP contribution is -2.13. The summed E-state index contributed by atoms with van der Waals surface area (Å²) >= 11 is 0. The van der Waals surface area contributed by atoms with Crippen LogP contribution >= 0.6 is 0 Å². The van der Waals surface area contributed by atoms with Gasteiger partial charge in [0.1, 0.15) is 5.82 Å². The molecule has 1 atom stereocenters. The predicted octanol–water partition coefficient (Wildman–Crippen LogP) is 4.38. The van der Waals surface area contributed by atoms with E-state index in [4.69, 9.17) is 0 Å². The van der Waals surface area contributed by atoms with Gasteiger partial charge in [0.25, 0.3) is 0 Å². The average Bonchev–Trinajstić information content (AvgIpc) is 2.46. The van der Waals surface area contributed by atoms with Crippen molar-refractivity contribution < 1.29 is 14.3 Å². The van der Waals surface area contributed by atoms with Crippen LogP contribution in [0.1, 0.15) is 30.9 Å². The highest BCUT2D eigenvalue weighted by atomic mass is 19.1. The number of hydrogen-bond acceptors (Lipinski definition) is 2. The quantitative estimate of drug-likeness (QED) is 0.668. The fraction of sp³-hybridized carbons (Fsp3) is 0.167. The largest absolute Gasteiger partial charge is 0.512 e. The zero-order valence-electron chi connectivity index (χ0n) is 12.0. The molecule has 0 aliphatic rings. The summed E-state index contributed by atoms with van der Waals surface area (Å²) in [6, 6.07) is 15.4. The summed E-state index contributed by atoms with van der Waals surface area (Å²) in [4.78, 5) is 11.9. The van der Waals surface area contributed by atoms with Gasteiger partial charge in [-0.15, -0.1) is 0 Å². The van der Waals surface area contributed by atoms with Gasteiger partial charge in [-0.3, -0.25) is 4.79 Å². The number of carbonyl (C=O) groups is 1. The topological polar surface area (TPSA) is 37.3 Å². The van der Waals surface area contributed by atoms with Crippen molar-refractivity contribution in [2.75, 3.05) is 0 Å². The van der Waals surface area contributed by atoms with Gasteiger partial charge in [-0.05, 0) is 37.1 Å². The molecule has 0 heterocycles. The van der Waals surface area contributed by atoms with Crippen LogP contribution in [0, 0.1) is 5.82 Å². The van der Waals surface area contributed by atoms with E-state index >= 15 is 0 Å². The van der Waals surface area contributed by atoms with E-state index in [1.807, 2.05) is 30.3 Å². The van der Waals surface area contributed by atoms with E-state index in [-0.39, 0.29) is 17.4 Å². The van der Waals surface area contributed by atoms with Crippen molar-refractivity contribution in [3.8, 4) is 0 Å². The highest BCUT2D eigenvalue weighted by Crippen LogP contribution is 2.33. The maximum Gasteiger partial charge on any atom is 0.160 e. The second-order valence-electron chi connectivity index (χ2n) is 4.95. The minimum absolute atomic E-state index is 0.0133. The van der Waals surface area contributed by atoms with Gasteiger partial charge in [0.2, 0.25) is 0 Å². The van der Waals surface area contributed by atoms with Crippen LogP contribution in [0.25, 0.3) is 0 Å². The number of aliphatic hydroxyl groups excluding tert-OH is 1. The SMILES string of the molecule is CC(=O)/C(=C(/C)O)[C@@H](c1ccccc1)c1ccc(F)cc1. The van der Waals surface area contributed by atoms with Gasteiger partial charge < -0.3 is 5.11 Å². The molecule has 3 heteroatoms. The molecule has 0 aliphatic heterocycles. The van der Waals surface area contributed by atoms with E-state index in [0.29, 0.717) is 5.57 Å². The van der Waals surface area contributed by atoms with Crippen LogP contribution in [0.4, 0.5) is 4.39 Å². The van der Waals surface area contributed by atoms with E-state index in [0.717, 1.165) is 11.1 Å². The number of carbonyl (C=O) groups excluding carboxylic acids is 1. The molecule has 0 amide bonds. The molecule has 2 aromatic rings. The lowest BCUT2D eigenvalue weighted by molar-refractivity contribution is -0.114. The standard InChI is InChI=1S/C18H17FO2/c1-12(20)17(13(2)21)18(14-6-4-3-5-7-14)15-8-10-16(19)11-9-15/h3-11,18,20H,1-2H3/b17-12+/t18-/m0/s1. The minimum atomic E-state index is -0.408. The molecule has 0 unspecified atom stereocenters. The summed E-state index contributed by atoms with van der Waals surface area (Å²) in [5, 5.41) is 9.91. The van der Waals surface area contributed by atoms with Crippen molar-refractivity contribution in [1.29, 1.82) is 0 Å². The molecule has 0 aliphatic carbocycles. The molecule has 0 spiro atoms. The Labute approximate surface area is 123 Å². The zero-order valence-corrected chi connectivity index (χ0v) is 12.0. The highest BCUT2D eigenvalue weighted by molar-refractivity contribution is 5.96. The molecule has 0 saturated carbocycles. The first-order valence-electron chi connectivity index (χ1n) is 6.71. The molecular formula is C18H17FO2. The second kappa shape index (κ2) is 6.35. The Morgan fingerprint density at radius 3 is 1.95 bits per heavy atom. The molecule has 0 bridgehead atoms. The van der Waals surface area contributed by atoms with Crippen molar-refractivity contribution in [3.05, 3.63) is 82.9 Å². The number of allylic oxidation sites excluding steroid dienone is 2. The third-order valence-electron chi connectivity index (χ3n) is 3.39. The fourth-order valence-electron chi connectivity index (χ4n) is 2.49. The van der Waals surface area contributed by atoms with Crippen LogP contribution < -0.4 is 0 Å². The fourth-order valence-corrected chi connectivity index (χ4v) is 2.49. The number of aliphatic hydroxyl groups is 1. The molecule has 0 aromatic heterocycles. The van der Waals surface area contributed by atoms with Gasteiger partial charge in [-0.25, -0.2) is 4.39 Å². The Balaban J connectivity index is 2.63. The van der Waals surface area contributed by atoms with Gasteiger partial charge in [-0.1, -0.05) is 42.5 Å². The van der Waals surface area contributed by atoms with Gasteiger partial charge in [0.15, 0.2) is 5.78 Å². The molecule has 108 valence electrons. The van der Waals surface area contributed by atoms with Crippen LogP contribution in [0.3, 0.4) is 0 Å². The summed E-state index contributed by atoms with van der Waals surface area (Å²) in [7, 11) is 0. The molecule has 2 aromatic carbocycles. The third-order valence-corrected chi connectivity index (χ3v) is 3.39. The molecule has 0 saturated heterocycles. The molecule has 21 heavy (non-hydrogen) atoms. The van der Waals surface area contributed by atoms with Crippen LogP contribution in [-0.2, 0) is 4.79 Å². The maximum atomic E-state index is 13.1. The highest BCUT2D eigenvalue weighted by Gasteiger charge is 2.24. The normalized spacial score (nSPS) is 13.5. The van der Waals surface area contributed by atoms with Crippen LogP contribution in [-0.4, -0.2) is 10.9 Å². The number of ketones is 1. The van der Waals surface area contributed by atoms with Crippen molar-refractivity contribution in [3.63, 3.8) is 0 Å². The first-order valence-corrected chi connectivity index (χ1v) is 6.71. The number of hydrogen-bond donors (Lipinski definition) is 1. The smallest absolute Gasteiger partial charge is 0.160 e. The zero-order chi connectivity index (χ0) is 15.4. The van der Waals surface area contributed by atoms with E-state index in [2.05, 4.69) is 0 Å². The number of halogens is 1. The molecular weight excluding hydrogens is 267 g/mol. The molecule has 0 fully saturated rings. The van der Waals surface area contributed by atoms with E-state index in [9.17, 15) is 14.3 Å². The Bertz CT molecular complexity index is 653. The average molecular weight is 284 g/mol.